The molecule has 0 spiro atoms. The van der Waals surface area contributed by atoms with Gasteiger partial charge >= 0.3 is 6.01 Å². The van der Waals surface area contributed by atoms with Gasteiger partial charge in [-0.2, -0.15) is 0 Å². The molecular formula is C15H11Cl2N3O3S. The highest BCUT2D eigenvalue weighted by molar-refractivity contribution is 7.90. The van der Waals surface area contributed by atoms with Crippen molar-refractivity contribution in [2.45, 2.75) is 4.90 Å². The van der Waals surface area contributed by atoms with Gasteiger partial charge in [-0.05, 0) is 36.4 Å². The van der Waals surface area contributed by atoms with Crippen molar-refractivity contribution in [3.63, 3.8) is 0 Å². The highest BCUT2D eigenvalue weighted by Gasteiger charge is 2.13. The zero-order valence-corrected chi connectivity index (χ0v) is 14.7. The van der Waals surface area contributed by atoms with Crippen molar-refractivity contribution in [1.82, 2.24) is 10.2 Å². The number of nitrogens with one attached hydrogen (secondary N) is 1. The predicted molar refractivity (Wildman–Crippen MR) is 92.6 cm³/mol. The second-order valence-corrected chi connectivity index (χ2v) is 7.82. The lowest BCUT2D eigenvalue weighted by Gasteiger charge is -2.03. The first-order chi connectivity index (χ1) is 11.3. The van der Waals surface area contributed by atoms with Gasteiger partial charge in [-0.25, -0.2) is 8.42 Å². The molecule has 1 N–H and O–H groups in total. The highest BCUT2D eigenvalue weighted by Crippen LogP contribution is 2.31. The maximum Gasteiger partial charge on any atom is 0.320 e. The molecule has 0 atom stereocenters. The molecule has 0 saturated heterocycles. The van der Waals surface area contributed by atoms with E-state index >= 15 is 0 Å². The van der Waals surface area contributed by atoms with Crippen LogP contribution in [0.15, 0.2) is 51.8 Å². The average molecular weight is 384 g/mol. The third-order valence-corrected chi connectivity index (χ3v) is 4.77. The van der Waals surface area contributed by atoms with Crippen molar-refractivity contribution in [3.05, 3.63) is 52.5 Å². The number of nitrogens with zero attached hydrogens (tertiary/aromatic N) is 2. The molecule has 1 heterocycles. The number of benzene rings is 2. The molecule has 0 aliphatic carbocycles. The van der Waals surface area contributed by atoms with Gasteiger partial charge in [-0.1, -0.05) is 34.4 Å². The lowest BCUT2D eigenvalue weighted by atomic mass is 10.2. The number of rotatable bonds is 4. The van der Waals surface area contributed by atoms with Gasteiger partial charge in [0, 0.05) is 17.0 Å². The Morgan fingerprint density at radius 2 is 1.88 bits per heavy atom. The molecule has 0 unspecified atom stereocenters. The molecule has 2 aromatic carbocycles. The van der Waals surface area contributed by atoms with Gasteiger partial charge in [-0.3, -0.25) is 0 Å². The van der Waals surface area contributed by atoms with Gasteiger partial charge in [0.2, 0.25) is 0 Å². The molecule has 0 amide bonds. The second kappa shape index (κ2) is 6.43. The van der Waals surface area contributed by atoms with Gasteiger partial charge in [-0.15, -0.1) is 5.10 Å². The van der Waals surface area contributed by atoms with E-state index in [2.05, 4.69) is 15.5 Å². The average Bonchev–Trinajstić information content (AvgIpc) is 2.97. The Bertz CT molecular complexity index is 1000. The first kappa shape index (κ1) is 16.8. The molecule has 24 heavy (non-hydrogen) atoms. The van der Waals surface area contributed by atoms with Crippen LogP contribution >= 0.6 is 23.2 Å². The largest absolute Gasteiger partial charge is 0.403 e. The number of halogens is 2. The van der Waals surface area contributed by atoms with E-state index in [9.17, 15) is 8.42 Å². The second-order valence-electron chi connectivity index (χ2n) is 4.96. The van der Waals surface area contributed by atoms with Crippen molar-refractivity contribution in [2.75, 3.05) is 11.6 Å². The minimum atomic E-state index is -3.30. The topological polar surface area (TPSA) is 85.1 Å². The van der Waals surface area contributed by atoms with Crippen LogP contribution in [0, 0.1) is 0 Å². The van der Waals surface area contributed by atoms with Gasteiger partial charge < -0.3 is 9.73 Å². The minimum Gasteiger partial charge on any atom is -0.403 e. The summed E-state index contributed by atoms with van der Waals surface area (Å²) >= 11 is 12.0. The SMILES string of the molecule is CS(=O)(=O)c1cccc(Nc2nnc(-c3cc(Cl)ccc3Cl)o2)c1. The van der Waals surface area contributed by atoms with E-state index in [1.54, 1.807) is 30.3 Å². The molecule has 6 nitrogen and oxygen atoms in total. The Kier molecular flexibility index (Phi) is 4.49. The summed E-state index contributed by atoms with van der Waals surface area (Å²) in [6, 6.07) is 11.3. The Hall–Kier alpha value is -2.09. The Morgan fingerprint density at radius 1 is 1.08 bits per heavy atom. The van der Waals surface area contributed by atoms with E-state index in [0.29, 0.717) is 21.3 Å². The Morgan fingerprint density at radius 3 is 2.62 bits per heavy atom. The monoisotopic (exact) mass is 383 g/mol. The van der Waals surface area contributed by atoms with E-state index in [1.165, 1.54) is 12.1 Å². The summed E-state index contributed by atoms with van der Waals surface area (Å²) in [6.45, 7) is 0. The van der Waals surface area contributed by atoms with Crippen LogP contribution in [0.25, 0.3) is 11.5 Å². The minimum absolute atomic E-state index is 0.103. The molecule has 0 aliphatic heterocycles. The van der Waals surface area contributed by atoms with E-state index in [4.69, 9.17) is 27.6 Å². The summed E-state index contributed by atoms with van der Waals surface area (Å²) in [4.78, 5) is 0.185. The molecule has 0 fully saturated rings. The molecule has 124 valence electrons. The van der Waals surface area contributed by atoms with E-state index < -0.39 is 9.84 Å². The normalized spacial score (nSPS) is 11.5. The van der Waals surface area contributed by atoms with Crippen LogP contribution in [0.2, 0.25) is 10.0 Å². The van der Waals surface area contributed by atoms with Crippen molar-refractivity contribution in [1.29, 1.82) is 0 Å². The van der Waals surface area contributed by atoms with Crippen molar-refractivity contribution in [3.8, 4) is 11.5 Å². The van der Waals surface area contributed by atoms with Crippen LogP contribution < -0.4 is 5.32 Å². The van der Waals surface area contributed by atoms with Gasteiger partial charge in [0.15, 0.2) is 9.84 Å². The molecule has 3 rings (SSSR count). The van der Waals surface area contributed by atoms with Gasteiger partial charge in [0.1, 0.15) is 0 Å². The van der Waals surface area contributed by atoms with Crippen molar-refractivity contribution >= 4 is 44.7 Å². The maximum absolute atomic E-state index is 11.6. The lowest BCUT2D eigenvalue weighted by molar-refractivity contribution is 0.587. The number of hydrogen-bond acceptors (Lipinski definition) is 6. The van der Waals surface area contributed by atoms with Crippen LogP contribution in [0.3, 0.4) is 0 Å². The molecule has 9 heteroatoms. The molecule has 0 radical (unpaired) electrons. The summed E-state index contributed by atoms with van der Waals surface area (Å²) in [5, 5.41) is 11.6. The highest BCUT2D eigenvalue weighted by atomic mass is 35.5. The van der Waals surface area contributed by atoms with E-state index in [1.807, 2.05) is 0 Å². The summed E-state index contributed by atoms with van der Waals surface area (Å²) in [7, 11) is -3.30. The zero-order valence-electron chi connectivity index (χ0n) is 12.3. The Balaban J connectivity index is 1.88. The first-order valence-electron chi connectivity index (χ1n) is 6.69. The predicted octanol–water partition coefficient (Wildman–Crippen LogP) is 4.19. The standard InChI is InChI=1S/C15H11Cl2N3O3S/c1-24(21,22)11-4-2-3-10(8-11)18-15-20-19-14(23-15)12-7-9(16)5-6-13(12)17/h2-8H,1H3,(H,18,20). The number of aromatic nitrogens is 2. The summed E-state index contributed by atoms with van der Waals surface area (Å²) in [5.74, 6) is 0.198. The van der Waals surface area contributed by atoms with Crippen LogP contribution in [-0.2, 0) is 9.84 Å². The van der Waals surface area contributed by atoms with Crippen LogP contribution in [0.1, 0.15) is 0 Å². The summed E-state index contributed by atoms with van der Waals surface area (Å²) in [6.07, 6.45) is 1.14. The Labute approximate surface area is 148 Å². The number of sulfone groups is 1. The maximum atomic E-state index is 11.6. The molecule has 0 aliphatic rings. The van der Waals surface area contributed by atoms with Crippen LogP contribution in [0.4, 0.5) is 11.7 Å². The molecular weight excluding hydrogens is 373 g/mol. The number of anilines is 2. The lowest BCUT2D eigenvalue weighted by Crippen LogP contribution is -1.98. The fourth-order valence-corrected chi connectivity index (χ4v) is 3.01. The van der Waals surface area contributed by atoms with Crippen LogP contribution in [0.5, 0.6) is 0 Å². The molecule has 0 bridgehead atoms. The zero-order chi connectivity index (χ0) is 17.3. The molecule has 0 saturated carbocycles. The first-order valence-corrected chi connectivity index (χ1v) is 9.34. The van der Waals surface area contributed by atoms with E-state index in [-0.39, 0.29) is 16.8 Å². The third kappa shape index (κ3) is 3.69. The fourth-order valence-electron chi connectivity index (χ4n) is 1.97. The quantitative estimate of drug-likeness (QED) is 0.726. The fraction of sp³-hybridized carbons (Fsp3) is 0.0667. The summed E-state index contributed by atoms with van der Waals surface area (Å²) in [5.41, 5.74) is 1.01. The van der Waals surface area contributed by atoms with Gasteiger partial charge in [0.05, 0.1) is 15.5 Å². The smallest absolute Gasteiger partial charge is 0.320 e. The molecule has 3 aromatic rings. The number of hydrogen-bond donors (Lipinski definition) is 1. The van der Waals surface area contributed by atoms with Crippen molar-refractivity contribution < 1.29 is 12.8 Å². The molecule has 1 aromatic heterocycles. The van der Waals surface area contributed by atoms with Gasteiger partial charge in [0.25, 0.3) is 5.89 Å². The van der Waals surface area contributed by atoms with E-state index in [0.717, 1.165) is 6.26 Å². The van der Waals surface area contributed by atoms with Crippen LogP contribution in [-0.4, -0.2) is 24.9 Å². The third-order valence-electron chi connectivity index (χ3n) is 3.10. The van der Waals surface area contributed by atoms with Crippen molar-refractivity contribution in [2.24, 2.45) is 0 Å². The summed E-state index contributed by atoms with van der Waals surface area (Å²) < 4.78 is 28.7.